The summed E-state index contributed by atoms with van der Waals surface area (Å²) in [6, 6.07) is 12.2. The highest BCUT2D eigenvalue weighted by Crippen LogP contribution is 2.33. The molecule has 0 saturated heterocycles. The monoisotopic (exact) mass is 723 g/mol. The van der Waals surface area contributed by atoms with Crippen molar-refractivity contribution in [2.24, 2.45) is 0 Å². The summed E-state index contributed by atoms with van der Waals surface area (Å²) in [6.07, 6.45) is 0.194. The van der Waals surface area contributed by atoms with Gasteiger partial charge in [0.2, 0.25) is 5.91 Å². The number of carbonyl (C=O) groups is 3. The van der Waals surface area contributed by atoms with E-state index in [0.29, 0.717) is 71.2 Å². The summed E-state index contributed by atoms with van der Waals surface area (Å²) in [5.41, 5.74) is 0.944. The van der Waals surface area contributed by atoms with E-state index in [4.69, 9.17) is 49.0 Å². The number of rotatable bonds is 16. The van der Waals surface area contributed by atoms with Crippen LogP contribution in [0, 0.1) is 6.92 Å². The molecule has 262 valence electrons. The maximum atomic E-state index is 13.8. The van der Waals surface area contributed by atoms with E-state index in [1.807, 2.05) is 26.0 Å². The van der Waals surface area contributed by atoms with Crippen LogP contribution in [-0.2, 0) is 19.0 Å². The van der Waals surface area contributed by atoms with Crippen LogP contribution in [0.2, 0.25) is 15.1 Å². The Morgan fingerprint density at radius 1 is 0.833 bits per heavy atom. The van der Waals surface area contributed by atoms with Gasteiger partial charge >= 0.3 is 6.09 Å². The molecule has 0 aliphatic rings. The standard InChI is InChI=1S/C34H44Cl3N5O6/c1-7-34(8-2,31(44)38-15-17-46-19-20-47-18-16-39-32(45)48-33(4,5)6)40-30(43)28-22(3)29(23-9-11-24(35)12-10-23)42(41-28)27-14-13-25(36)21-26(27)37/h9-14,21H,7-8,15-20H2,1-6H3,(H,38,44)(H,39,45)(H,40,43). The van der Waals surface area contributed by atoms with Crippen LogP contribution in [0.4, 0.5) is 4.79 Å². The Labute approximate surface area is 296 Å². The zero-order chi connectivity index (χ0) is 35.5. The summed E-state index contributed by atoms with van der Waals surface area (Å²) in [6.45, 7) is 12.6. The SMILES string of the molecule is CCC(CC)(NC(=O)c1nn(-c2ccc(Cl)cc2Cl)c(-c2ccc(Cl)cc2)c1C)C(=O)NCCOCCOCCNC(=O)OC(C)(C)C. The van der Waals surface area contributed by atoms with Gasteiger partial charge in [0.05, 0.1) is 42.8 Å². The number of hydrogen-bond acceptors (Lipinski definition) is 7. The normalized spacial score (nSPS) is 11.7. The summed E-state index contributed by atoms with van der Waals surface area (Å²) in [5.74, 6) is -0.829. The molecule has 48 heavy (non-hydrogen) atoms. The summed E-state index contributed by atoms with van der Waals surface area (Å²) in [4.78, 5) is 38.9. The van der Waals surface area contributed by atoms with Crippen molar-refractivity contribution in [1.29, 1.82) is 0 Å². The van der Waals surface area contributed by atoms with Crippen molar-refractivity contribution < 1.29 is 28.6 Å². The second-order valence-electron chi connectivity index (χ2n) is 12.0. The van der Waals surface area contributed by atoms with E-state index >= 15 is 0 Å². The van der Waals surface area contributed by atoms with E-state index < -0.39 is 23.1 Å². The first kappa shape index (κ1) is 39.1. The first-order valence-corrected chi connectivity index (χ1v) is 16.9. The third-order valence-corrected chi connectivity index (χ3v) is 8.20. The highest BCUT2D eigenvalue weighted by molar-refractivity contribution is 6.35. The Morgan fingerprint density at radius 2 is 1.42 bits per heavy atom. The first-order valence-electron chi connectivity index (χ1n) is 15.8. The molecule has 3 aromatic rings. The molecule has 0 spiro atoms. The van der Waals surface area contributed by atoms with Crippen molar-refractivity contribution >= 4 is 52.7 Å². The maximum Gasteiger partial charge on any atom is 0.407 e. The number of nitrogens with one attached hydrogen (secondary N) is 3. The Morgan fingerprint density at radius 3 is 1.98 bits per heavy atom. The minimum absolute atomic E-state index is 0.148. The Kier molecular flexibility index (Phi) is 14.6. The van der Waals surface area contributed by atoms with Gasteiger partial charge < -0.3 is 30.2 Å². The predicted octanol–water partition coefficient (Wildman–Crippen LogP) is 6.77. The molecule has 0 aliphatic carbocycles. The van der Waals surface area contributed by atoms with Gasteiger partial charge in [0.15, 0.2) is 5.69 Å². The predicted molar refractivity (Wildman–Crippen MR) is 188 cm³/mol. The van der Waals surface area contributed by atoms with Crippen LogP contribution >= 0.6 is 34.8 Å². The highest BCUT2D eigenvalue weighted by atomic mass is 35.5. The molecule has 3 N–H and O–H groups in total. The van der Waals surface area contributed by atoms with Crippen LogP contribution in [-0.4, -0.2) is 78.3 Å². The number of carbonyl (C=O) groups excluding carboxylic acids is 3. The van der Waals surface area contributed by atoms with E-state index in [1.54, 1.807) is 62.7 Å². The molecular formula is C34H44Cl3N5O6. The van der Waals surface area contributed by atoms with Gasteiger partial charge in [0.25, 0.3) is 5.91 Å². The smallest absolute Gasteiger partial charge is 0.407 e. The van der Waals surface area contributed by atoms with Gasteiger partial charge in [-0.1, -0.05) is 60.8 Å². The molecule has 0 fully saturated rings. The number of halogens is 3. The second-order valence-corrected chi connectivity index (χ2v) is 13.3. The van der Waals surface area contributed by atoms with Gasteiger partial charge in [-0.3, -0.25) is 9.59 Å². The third kappa shape index (κ3) is 10.8. The van der Waals surface area contributed by atoms with Gasteiger partial charge in [-0.05, 0) is 70.9 Å². The molecule has 0 bridgehead atoms. The second kappa shape index (κ2) is 17.9. The topological polar surface area (TPSA) is 133 Å². The summed E-state index contributed by atoms with van der Waals surface area (Å²) >= 11 is 18.9. The van der Waals surface area contributed by atoms with Crippen molar-refractivity contribution in [2.45, 2.75) is 65.5 Å². The highest BCUT2D eigenvalue weighted by Gasteiger charge is 2.38. The summed E-state index contributed by atoms with van der Waals surface area (Å²) < 4.78 is 17.8. The van der Waals surface area contributed by atoms with Gasteiger partial charge in [-0.25, -0.2) is 9.48 Å². The number of amides is 3. The average Bonchev–Trinajstić information content (AvgIpc) is 3.36. The van der Waals surface area contributed by atoms with Gasteiger partial charge in [0, 0.05) is 34.3 Å². The number of ether oxygens (including phenoxy) is 3. The fraction of sp³-hybridized carbons (Fsp3) is 0.471. The van der Waals surface area contributed by atoms with Crippen LogP contribution in [0.5, 0.6) is 0 Å². The zero-order valence-corrected chi connectivity index (χ0v) is 30.4. The number of hydrogen-bond donors (Lipinski definition) is 3. The van der Waals surface area contributed by atoms with Gasteiger partial charge in [0.1, 0.15) is 11.1 Å². The fourth-order valence-electron chi connectivity index (χ4n) is 4.83. The number of alkyl carbamates (subject to hydrolysis) is 1. The number of aromatic nitrogens is 2. The largest absolute Gasteiger partial charge is 0.444 e. The molecule has 11 nitrogen and oxygen atoms in total. The van der Waals surface area contributed by atoms with Gasteiger partial charge in [-0.2, -0.15) is 5.10 Å². The van der Waals surface area contributed by atoms with E-state index in [9.17, 15) is 14.4 Å². The van der Waals surface area contributed by atoms with Crippen molar-refractivity contribution in [1.82, 2.24) is 25.7 Å². The van der Waals surface area contributed by atoms with Gasteiger partial charge in [-0.15, -0.1) is 0 Å². The molecule has 3 rings (SSSR count). The van der Waals surface area contributed by atoms with Crippen LogP contribution < -0.4 is 16.0 Å². The van der Waals surface area contributed by atoms with Crippen molar-refractivity contribution in [3.8, 4) is 16.9 Å². The van der Waals surface area contributed by atoms with Crippen LogP contribution in [0.3, 0.4) is 0 Å². The first-order chi connectivity index (χ1) is 22.7. The molecular weight excluding hydrogens is 681 g/mol. The minimum Gasteiger partial charge on any atom is -0.444 e. The Balaban J connectivity index is 1.61. The molecule has 0 saturated carbocycles. The lowest BCUT2D eigenvalue weighted by Crippen LogP contribution is -2.58. The molecule has 3 amide bonds. The minimum atomic E-state index is -1.18. The van der Waals surface area contributed by atoms with Crippen molar-refractivity contribution in [3.63, 3.8) is 0 Å². The molecule has 0 atom stereocenters. The molecule has 0 aliphatic heterocycles. The molecule has 0 unspecified atom stereocenters. The molecule has 14 heteroatoms. The summed E-state index contributed by atoms with van der Waals surface area (Å²) in [7, 11) is 0. The number of nitrogens with zero attached hydrogens (tertiary/aromatic N) is 2. The van der Waals surface area contributed by atoms with E-state index in [1.165, 1.54) is 0 Å². The lowest BCUT2D eigenvalue weighted by Gasteiger charge is -2.31. The molecule has 2 aromatic carbocycles. The molecule has 0 radical (unpaired) electrons. The van der Waals surface area contributed by atoms with Crippen LogP contribution in [0.1, 0.15) is 63.5 Å². The van der Waals surface area contributed by atoms with E-state index in [0.717, 1.165) is 5.56 Å². The Bertz CT molecular complexity index is 1550. The third-order valence-electron chi connectivity index (χ3n) is 7.41. The quantitative estimate of drug-likeness (QED) is 0.139. The lowest BCUT2D eigenvalue weighted by atomic mass is 9.91. The molecule has 1 heterocycles. The number of benzene rings is 2. The lowest BCUT2D eigenvalue weighted by molar-refractivity contribution is -0.128. The van der Waals surface area contributed by atoms with Crippen LogP contribution in [0.15, 0.2) is 42.5 Å². The van der Waals surface area contributed by atoms with Crippen LogP contribution in [0.25, 0.3) is 16.9 Å². The summed E-state index contributed by atoms with van der Waals surface area (Å²) in [5, 5.41) is 14.5. The van der Waals surface area contributed by atoms with E-state index in [2.05, 4.69) is 21.0 Å². The molecule has 1 aromatic heterocycles. The maximum absolute atomic E-state index is 13.8. The fourth-order valence-corrected chi connectivity index (χ4v) is 5.45. The van der Waals surface area contributed by atoms with E-state index in [-0.39, 0.29) is 24.8 Å². The van der Waals surface area contributed by atoms with Crippen molar-refractivity contribution in [2.75, 3.05) is 39.5 Å². The zero-order valence-electron chi connectivity index (χ0n) is 28.2. The van der Waals surface area contributed by atoms with Crippen molar-refractivity contribution in [3.05, 3.63) is 68.8 Å². The Hall–Kier alpha value is -3.35. The average molecular weight is 725 g/mol.